The third kappa shape index (κ3) is 5.88. The molecule has 1 atom stereocenters. The highest BCUT2D eigenvalue weighted by Crippen LogP contribution is 2.18. The maximum absolute atomic E-state index is 12.0. The molecule has 3 heteroatoms. The summed E-state index contributed by atoms with van der Waals surface area (Å²) in [7, 11) is 3.58. The zero-order valence-electron chi connectivity index (χ0n) is 14.3. The first-order valence-electron chi connectivity index (χ1n) is 7.85. The lowest BCUT2D eigenvalue weighted by atomic mass is 9.88. The summed E-state index contributed by atoms with van der Waals surface area (Å²) in [4.78, 5) is 13.7. The van der Waals surface area contributed by atoms with Crippen molar-refractivity contribution in [2.75, 3.05) is 20.6 Å². The van der Waals surface area contributed by atoms with E-state index in [0.29, 0.717) is 17.9 Å². The molecule has 1 unspecified atom stereocenters. The first-order chi connectivity index (χ1) is 9.81. The molecule has 0 saturated heterocycles. The highest BCUT2D eigenvalue weighted by Gasteiger charge is 2.16. The van der Waals surface area contributed by atoms with E-state index in [0.717, 1.165) is 18.5 Å². The normalized spacial score (nSPS) is 12.8. The molecule has 0 bridgehead atoms. The summed E-state index contributed by atoms with van der Waals surface area (Å²) >= 11 is 0. The molecule has 118 valence electrons. The molecule has 1 amide bonds. The number of carbonyl (C=O) groups excluding carboxylic acids is 1. The number of rotatable bonds is 7. The van der Waals surface area contributed by atoms with Gasteiger partial charge >= 0.3 is 0 Å². The zero-order chi connectivity index (χ0) is 16.0. The van der Waals surface area contributed by atoms with E-state index in [1.165, 1.54) is 5.56 Å². The van der Waals surface area contributed by atoms with Crippen molar-refractivity contribution in [1.82, 2.24) is 10.2 Å². The summed E-state index contributed by atoms with van der Waals surface area (Å²) in [5, 5.41) is 3.53. The van der Waals surface area contributed by atoms with E-state index in [9.17, 15) is 4.79 Å². The largest absolute Gasteiger partial charge is 0.345 e. The Morgan fingerprint density at radius 3 is 2.38 bits per heavy atom. The van der Waals surface area contributed by atoms with Crippen molar-refractivity contribution in [2.24, 2.45) is 11.8 Å². The second-order valence-corrected chi connectivity index (χ2v) is 6.67. The lowest BCUT2D eigenvalue weighted by molar-refractivity contribution is 0.0827. The Kier molecular flexibility index (Phi) is 6.90. The molecular weight excluding hydrogens is 260 g/mol. The quantitative estimate of drug-likeness (QED) is 0.836. The zero-order valence-corrected chi connectivity index (χ0v) is 14.3. The van der Waals surface area contributed by atoms with Crippen LogP contribution in [0.2, 0.25) is 0 Å². The van der Waals surface area contributed by atoms with Gasteiger partial charge in [-0.15, -0.1) is 0 Å². The SMILES string of the molecule is CC(C)NCC(Cc1cccc(C(=O)N(C)C)c1)C(C)C. The number of amides is 1. The monoisotopic (exact) mass is 290 g/mol. The predicted molar refractivity (Wildman–Crippen MR) is 89.6 cm³/mol. The second kappa shape index (κ2) is 8.18. The first kappa shape index (κ1) is 17.7. The van der Waals surface area contributed by atoms with Crippen LogP contribution in [0.4, 0.5) is 0 Å². The van der Waals surface area contributed by atoms with Crippen LogP contribution in [0, 0.1) is 11.8 Å². The van der Waals surface area contributed by atoms with Gasteiger partial charge < -0.3 is 10.2 Å². The average Bonchev–Trinajstić information content (AvgIpc) is 2.42. The molecule has 0 spiro atoms. The van der Waals surface area contributed by atoms with Crippen molar-refractivity contribution in [3.8, 4) is 0 Å². The molecule has 0 radical (unpaired) electrons. The molecule has 1 aromatic rings. The average molecular weight is 290 g/mol. The Hall–Kier alpha value is -1.35. The summed E-state index contributed by atoms with van der Waals surface area (Å²) in [5.74, 6) is 1.26. The van der Waals surface area contributed by atoms with Crippen molar-refractivity contribution in [3.63, 3.8) is 0 Å². The maximum Gasteiger partial charge on any atom is 0.253 e. The second-order valence-electron chi connectivity index (χ2n) is 6.67. The van der Waals surface area contributed by atoms with Gasteiger partial charge in [-0.3, -0.25) is 4.79 Å². The van der Waals surface area contributed by atoms with Gasteiger partial charge in [0.15, 0.2) is 0 Å². The highest BCUT2D eigenvalue weighted by atomic mass is 16.2. The molecule has 0 aliphatic rings. The van der Waals surface area contributed by atoms with E-state index >= 15 is 0 Å². The fourth-order valence-corrected chi connectivity index (χ4v) is 2.32. The van der Waals surface area contributed by atoms with Crippen molar-refractivity contribution in [2.45, 2.75) is 40.2 Å². The summed E-state index contributed by atoms with van der Waals surface area (Å²) in [6.07, 6.45) is 1.01. The van der Waals surface area contributed by atoms with Crippen LogP contribution in [0.15, 0.2) is 24.3 Å². The Balaban J connectivity index is 2.79. The van der Waals surface area contributed by atoms with Crippen LogP contribution in [0.25, 0.3) is 0 Å². The standard InChI is InChI=1S/C18H30N2O/c1-13(2)17(12-19-14(3)4)11-15-8-7-9-16(10-15)18(21)20(5)6/h7-10,13-14,17,19H,11-12H2,1-6H3. The molecule has 0 aliphatic carbocycles. The van der Waals surface area contributed by atoms with E-state index in [2.05, 4.69) is 39.1 Å². The molecule has 21 heavy (non-hydrogen) atoms. The van der Waals surface area contributed by atoms with Crippen LogP contribution < -0.4 is 5.32 Å². The van der Waals surface area contributed by atoms with E-state index in [1.54, 1.807) is 19.0 Å². The third-order valence-electron chi connectivity index (χ3n) is 3.81. The van der Waals surface area contributed by atoms with Gasteiger partial charge in [-0.05, 0) is 42.5 Å². The number of hydrogen-bond donors (Lipinski definition) is 1. The van der Waals surface area contributed by atoms with Crippen molar-refractivity contribution < 1.29 is 4.79 Å². The molecule has 0 saturated carbocycles. The fraction of sp³-hybridized carbons (Fsp3) is 0.611. The minimum Gasteiger partial charge on any atom is -0.345 e. The van der Waals surface area contributed by atoms with Gasteiger partial charge in [0.25, 0.3) is 5.91 Å². The van der Waals surface area contributed by atoms with Crippen LogP contribution in [-0.2, 0) is 6.42 Å². The number of carbonyl (C=O) groups is 1. The van der Waals surface area contributed by atoms with Crippen LogP contribution in [-0.4, -0.2) is 37.5 Å². The lowest BCUT2D eigenvalue weighted by Gasteiger charge is -2.23. The van der Waals surface area contributed by atoms with Crippen LogP contribution in [0.5, 0.6) is 0 Å². The third-order valence-corrected chi connectivity index (χ3v) is 3.81. The van der Waals surface area contributed by atoms with Crippen molar-refractivity contribution in [3.05, 3.63) is 35.4 Å². The molecule has 0 aromatic heterocycles. The predicted octanol–water partition coefficient (Wildman–Crippen LogP) is 3.20. The summed E-state index contributed by atoms with van der Waals surface area (Å²) in [6, 6.07) is 8.54. The van der Waals surface area contributed by atoms with Gasteiger partial charge in [-0.2, -0.15) is 0 Å². The van der Waals surface area contributed by atoms with Crippen LogP contribution in [0.3, 0.4) is 0 Å². The van der Waals surface area contributed by atoms with Gasteiger partial charge in [0.1, 0.15) is 0 Å². The van der Waals surface area contributed by atoms with Crippen LogP contribution in [0.1, 0.15) is 43.6 Å². The van der Waals surface area contributed by atoms with Crippen molar-refractivity contribution in [1.29, 1.82) is 0 Å². The molecule has 0 heterocycles. The van der Waals surface area contributed by atoms with E-state index in [4.69, 9.17) is 0 Å². The minimum absolute atomic E-state index is 0.0678. The molecule has 0 aliphatic heterocycles. The van der Waals surface area contributed by atoms with Crippen LogP contribution >= 0.6 is 0 Å². The van der Waals surface area contributed by atoms with Gasteiger partial charge in [-0.25, -0.2) is 0 Å². The molecule has 3 nitrogen and oxygen atoms in total. The topological polar surface area (TPSA) is 32.3 Å². The van der Waals surface area contributed by atoms with E-state index < -0.39 is 0 Å². The van der Waals surface area contributed by atoms with Gasteiger partial charge in [0, 0.05) is 25.7 Å². The Morgan fingerprint density at radius 2 is 1.86 bits per heavy atom. The summed E-state index contributed by atoms with van der Waals surface area (Å²) < 4.78 is 0. The van der Waals surface area contributed by atoms with Gasteiger partial charge in [0.05, 0.1) is 0 Å². The minimum atomic E-state index is 0.0678. The van der Waals surface area contributed by atoms with Gasteiger partial charge in [0.2, 0.25) is 0 Å². The lowest BCUT2D eigenvalue weighted by Crippen LogP contribution is -2.32. The summed E-state index contributed by atoms with van der Waals surface area (Å²) in [6.45, 7) is 9.89. The first-order valence-corrected chi connectivity index (χ1v) is 7.85. The Morgan fingerprint density at radius 1 is 1.19 bits per heavy atom. The molecular formula is C18H30N2O. The smallest absolute Gasteiger partial charge is 0.253 e. The Labute approximate surface area is 129 Å². The Bertz CT molecular complexity index is 452. The molecule has 1 N–H and O–H groups in total. The molecule has 0 fully saturated rings. The van der Waals surface area contributed by atoms with Gasteiger partial charge in [-0.1, -0.05) is 39.8 Å². The molecule has 1 rings (SSSR count). The number of benzene rings is 1. The highest BCUT2D eigenvalue weighted by molar-refractivity contribution is 5.94. The van der Waals surface area contributed by atoms with E-state index in [1.807, 2.05) is 18.2 Å². The molecule has 1 aromatic carbocycles. The summed E-state index contributed by atoms with van der Waals surface area (Å²) in [5.41, 5.74) is 2.02. The number of nitrogens with one attached hydrogen (secondary N) is 1. The maximum atomic E-state index is 12.0. The van der Waals surface area contributed by atoms with E-state index in [-0.39, 0.29) is 5.91 Å². The van der Waals surface area contributed by atoms with Crippen molar-refractivity contribution >= 4 is 5.91 Å². The fourth-order valence-electron chi connectivity index (χ4n) is 2.32. The number of nitrogens with zero attached hydrogens (tertiary/aromatic N) is 1. The number of hydrogen-bond acceptors (Lipinski definition) is 2.